The largest absolute Gasteiger partial charge is 0.478 e. The van der Waals surface area contributed by atoms with Gasteiger partial charge in [-0.25, -0.2) is 9.59 Å². The molecule has 4 aromatic rings. The molecule has 0 fully saturated rings. The molecule has 3 aromatic carbocycles. The Morgan fingerprint density at radius 2 is 1.55 bits per heavy atom. The van der Waals surface area contributed by atoms with Gasteiger partial charge in [0.2, 0.25) is 0 Å². The van der Waals surface area contributed by atoms with Gasteiger partial charge >= 0.3 is 11.7 Å². The zero-order chi connectivity index (χ0) is 23.2. The van der Waals surface area contributed by atoms with Crippen LogP contribution in [0.15, 0.2) is 89.9 Å². The first-order valence-electron chi connectivity index (χ1n) is 11.3. The van der Waals surface area contributed by atoms with E-state index in [0.717, 1.165) is 36.1 Å². The number of aromatic nitrogens is 2. The molecule has 0 unspecified atom stereocenters. The smallest absolute Gasteiger partial charge is 0.336 e. The van der Waals surface area contributed by atoms with E-state index in [0.29, 0.717) is 18.7 Å². The molecule has 1 N–H and O–H groups in total. The number of imidazole rings is 1. The lowest BCUT2D eigenvalue weighted by Crippen LogP contribution is -2.26. The second kappa shape index (κ2) is 10.2. The number of aromatic carboxylic acids is 1. The summed E-state index contributed by atoms with van der Waals surface area (Å²) < 4.78 is 3.67. The summed E-state index contributed by atoms with van der Waals surface area (Å²) in [4.78, 5) is 24.7. The van der Waals surface area contributed by atoms with Gasteiger partial charge in [0, 0.05) is 18.4 Å². The zero-order valence-corrected chi connectivity index (χ0v) is 18.8. The normalized spacial score (nSPS) is 10.9. The summed E-state index contributed by atoms with van der Waals surface area (Å²) in [6.45, 7) is 3.26. The predicted octanol–water partition coefficient (Wildman–Crippen LogP) is 5.26. The van der Waals surface area contributed by atoms with Crippen molar-refractivity contribution in [2.75, 3.05) is 0 Å². The number of carbonyl (C=O) groups is 1. The Morgan fingerprint density at radius 1 is 0.848 bits per heavy atom. The molecule has 0 saturated heterocycles. The molecule has 0 aliphatic carbocycles. The predicted molar refractivity (Wildman–Crippen MR) is 131 cm³/mol. The molecule has 5 heteroatoms. The Hall–Kier alpha value is -3.86. The first-order chi connectivity index (χ1) is 16.1. The van der Waals surface area contributed by atoms with Crippen LogP contribution in [0.4, 0.5) is 0 Å². The second-order valence-electron chi connectivity index (χ2n) is 8.22. The maximum Gasteiger partial charge on any atom is 0.336 e. The first-order valence-corrected chi connectivity index (χ1v) is 11.3. The lowest BCUT2D eigenvalue weighted by Gasteiger charge is -2.09. The highest BCUT2D eigenvalue weighted by Gasteiger charge is 2.13. The quantitative estimate of drug-likeness (QED) is 0.386. The van der Waals surface area contributed by atoms with Crippen molar-refractivity contribution in [2.45, 2.75) is 39.3 Å². The maximum absolute atomic E-state index is 13.2. The molecular formula is C28H28N2O3. The number of rotatable bonds is 9. The molecule has 0 aliphatic heterocycles. The van der Waals surface area contributed by atoms with Crippen LogP contribution in [0.25, 0.3) is 11.1 Å². The van der Waals surface area contributed by atoms with Crippen LogP contribution >= 0.6 is 0 Å². The van der Waals surface area contributed by atoms with Crippen molar-refractivity contribution in [3.05, 3.63) is 118 Å². The molecule has 0 radical (unpaired) electrons. The van der Waals surface area contributed by atoms with E-state index in [1.807, 2.05) is 69.9 Å². The van der Waals surface area contributed by atoms with Crippen molar-refractivity contribution in [2.24, 2.45) is 0 Å². The van der Waals surface area contributed by atoms with Gasteiger partial charge < -0.3 is 5.11 Å². The van der Waals surface area contributed by atoms with Gasteiger partial charge in [-0.05, 0) is 41.2 Å². The highest BCUT2D eigenvalue weighted by Crippen LogP contribution is 2.24. The van der Waals surface area contributed by atoms with Crippen molar-refractivity contribution < 1.29 is 9.90 Å². The van der Waals surface area contributed by atoms with Crippen LogP contribution in [-0.4, -0.2) is 20.2 Å². The van der Waals surface area contributed by atoms with Crippen LogP contribution in [0.3, 0.4) is 0 Å². The van der Waals surface area contributed by atoms with E-state index in [1.165, 1.54) is 5.56 Å². The SMILES string of the molecule is CCCc1cn(CCc2ccccc2)c(=O)n1Cc1ccc(-c2ccccc2C(=O)O)cc1. The molecule has 168 valence electrons. The van der Waals surface area contributed by atoms with Crippen LogP contribution in [0.2, 0.25) is 0 Å². The van der Waals surface area contributed by atoms with Crippen LogP contribution in [0.1, 0.15) is 40.5 Å². The fraction of sp³-hybridized carbons (Fsp3) is 0.214. The highest BCUT2D eigenvalue weighted by molar-refractivity contribution is 5.95. The molecule has 1 aromatic heterocycles. The van der Waals surface area contributed by atoms with E-state index in [4.69, 9.17) is 0 Å². The monoisotopic (exact) mass is 440 g/mol. The molecular weight excluding hydrogens is 412 g/mol. The number of benzene rings is 3. The summed E-state index contributed by atoms with van der Waals surface area (Å²) in [5.41, 5.74) is 5.08. The van der Waals surface area contributed by atoms with Gasteiger partial charge in [0.25, 0.3) is 0 Å². The van der Waals surface area contributed by atoms with E-state index in [-0.39, 0.29) is 11.3 Å². The van der Waals surface area contributed by atoms with Gasteiger partial charge in [-0.15, -0.1) is 0 Å². The first kappa shape index (κ1) is 22.3. The van der Waals surface area contributed by atoms with Crippen LogP contribution in [-0.2, 0) is 25.9 Å². The molecule has 1 heterocycles. The minimum absolute atomic E-state index is 0.00896. The fourth-order valence-electron chi connectivity index (χ4n) is 4.16. The molecule has 0 spiro atoms. The van der Waals surface area contributed by atoms with Crippen molar-refractivity contribution in [3.8, 4) is 11.1 Å². The molecule has 0 saturated carbocycles. The number of hydrogen-bond acceptors (Lipinski definition) is 2. The van der Waals surface area contributed by atoms with Crippen molar-refractivity contribution in [1.82, 2.24) is 9.13 Å². The topological polar surface area (TPSA) is 64.2 Å². The van der Waals surface area contributed by atoms with Crippen LogP contribution in [0.5, 0.6) is 0 Å². The summed E-state index contributed by atoms with van der Waals surface area (Å²) in [6.07, 6.45) is 4.62. The minimum Gasteiger partial charge on any atom is -0.478 e. The summed E-state index contributed by atoms with van der Waals surface area (Å²) in [5, 5.41) is 9.47. The van der Waals surface area contributed by atoms with Crippen LogP contribution in [0, 0.1) is 0 Å². The Balaban J connectivity index is 1.56. The Morgan fingerprint density at radius 3 is 2.24 bits per heavy atom. The van der Waals surface area contributed by atoms with Gasteiger partial charge in [0.15, 0.2) is 0 Å². The van der Waals surface area contributed by atoms with Gasteiger partial charge in [-0.2, -0.15) is 0 Å². The van der Waals surface area contributed by atoms with Gasteiger partial charge in [-0.1, -0.05) is 86.1 Å². The van der Waals surface area contributed by atoms with E-state index in [1.54, 1.807) is 12.1 Å². The second-order valence-corrected chi connectivity index (χ2v) is 8.22. The van der Waals surface area contributed by atoms with E-state index in [2.05, 4.69) is 19.1 Å². The summed E-state index contributed by atoms with van der Waals surface area (Å²) in [7, 11) is 0. The number of nitrogens with zero attached hydrogens (tertiary/aromatic N) is 2. The van der Waals surface area contributed by atoms with Gasteiger partial charge in [-0.3, -0.25) is 9.13 Å². The molecule has 0 atom stereocenters. The van der Waals surface area contributed by atoms with E-state index >= 15 is 0 Å². The molecule has 0 amide bonds. The summed E-state index contributed by atoms with van der Waals surface area (Å²) >= 11 is 0. The summed E-state index contributed by atoms with van der Waals surface area (Å²) in [5.74, 6) is -0.942. The van der Waals surface area contributed by atoms with Crippen molar-refractivity contribution in [3.63, 3.8) is 0 Å². The third kappa shape index (κ3) is 5.14. The average Bonchev–Trinajstić information content (AvgIpc) is 3.13. The average molecular weight is 441 g/mol. The number of hydrogen-bond donors (Lipinski definition) is 1. The zero-order valence-electron chi connectivity index (χ0n) is 18.8. The third-order valence-electron chi connectivity index (χ3n) is 5.88. The molecule has 0 bridgehead atoms. The lowest BCUT2D eigenvalue weighted by molar-refractivity contribution is 0.0697. The molecule has 0 aliphatic rings. The van der Waals surface area contributed by atoms with Gasteiger partial charge in [0.1, 0.15) is 0 Å². The maximum atomic E-state index is 13.2. The van der Waals surface area contributed by atoms with Crippen LogP contribution < -0.4 is 5.69 Å². The standard InChI is InChI=1S/C28H28N2O3/c1-2-8-24-20-29(18-17-21-9-4-3-5-10-21)28(33)30(24)19-22-13-15-23(16-14-22)25-11-6-7-12-26(25)27(31)32/h3-7,9-16,20H,2,8,17-19H2,1H3,(H,31,32). The molecule has 4 rings (SSSR count). The lowest BCUT2D eigenvalue weighted by atomic mass is 9.99. The summed E-state index contributed by atoms with van der Waals surface area (Å²) in [6, 6.07) is 25.0. The fourth-order valence-corrected chi connectivity index (χ4v) is 4.16. The Labute approximate surface area is 193 Å². The van der Waals surface area contributed by atoms with Crippen molar-refractivity contribution >= 4 is 5.97 Å². The third-order valence-corrected chi connectivity index (χ3v) is 5.88. The van der Waals surface area contributed by atoms with Gasteiger partial charge in [0.05, 0.1) is 12.1 Å². The number of aryl methyl sites for hydroxylation is 3. The molecule has 5 nitrogen and oxygen atoms in total. The van der Waals surface area contributed by atoms with Crippen molar-refractivity contribution in [1.29, 1.82) is 0 Å². The number of carboxylic acid groups (broad SMARTS) is 1. The number of carboxylic acids is 1. The highest BCUT2D eigenvalue weighted by atomic mass is 16.4. The van der Waals surface area contributed by atoms with E-state index < -0.39 is 5.97 Å². The Kier molecular flexibility index (Phi) is 6.89. The Bertz CT molecular complexity index is 1280. The van der Waals surface area contributed by atoms with E-state index in [9.17, 15) is 14.7 Å². The minimum atomic E-state index is -0.942. The molecule has 33 heavy (non-hydrogen) atoms.